The van der Waals surface area contributed by atoms with Crippen molar-refractivity contribution >= 4 is 18.4 Å². The first-order valence-electron chi connectivity index (χ1n) is 6.59. The van der Waals surface area contributed by atoms with Crippen LogP contribution < -0.4 is 5.56 Å². The summed E-state index contributed by atoms with van der Waals surface area (Å²) in [5.41, 5.74) is -0.320. The normalized spacial score (nSPS) is 15.7. The van der Waals surface area contributed by atoms with Crippen molar-refractivity contribution in [1.82, 2.24) is 14.6 Å². The van der Waals surface area contributed by atoms with Gasteiger partial charge in [-0.15, -0.1) is 6.58 Å². The molecule has 2 N–H and O–H groups in total. The Morgan fingerprint density at radius 1 is 1.40 bits per heavy atom. The Morgan fingerprint density at radius 2 is 2.10 bits per heavy atom. The van der Waals surface area contributed by atoms with E-state index < -0.39 is 5.56 Å². The molecule has 6 nitrogen and oxygen atoms in total. The zero-order chi connectivity index (χ0) is 14.5. The number of hydrazone groups is 1. The smallest absolute Gasteiger partial charge is 0.264 e. The van der Waals surface area contributed by atoms with Crippen LogP contribution in [0.3, 0.4) is 0 Å². The first-order chi connectivity index (χ1) is 9.63. The fourth-order valence-electron chi connectivity index (χ4n) is 2.12. The zero-order valence-electron chi connectivity index (χ0n) is 11.2. The largest absolute Gasteiger partial charge is 0.494 e. The van der Waals surface area contributed by atoms with Gasteiger partial charge in [-0.3, -0.25) is 19.4 Å². The van der Waals surface area contributed by atoms with Crippen molar-refractivity contribution in [3.05, 3.63) is 33.3 Å². The number of piperidine rings is 1. The van der Waals surface area contributed by atoms with Gasteiger partial charge in [0.15, 0.2) is 4.77 Å². The number of aromatic hydroxyl groups is 1. The highest BCUT2D eigenvalue weighted by Crippen LogP contribution is 2.13. The van der Waals surface area contributed by atoms with E-state index in [-0.39, 0.29) is 16.2 Å². The van der Waals surface area contributed by atoms with E-state index in [0.717, 1.165) is 25.9 Å². The molecule has 1 aliphatic heterocycles. The average Bonchev–Trinajstić information content (AvgIpc) is 2.44. The van der Waals surface area contributed by atoms with Gasteiger partial charge in [0, 0.05) is 19.6 Å². The molecule has 2 rings (SSSR count). The molecule has 0 radical (unpaired) electrons. The fraction of sp³-hybridized carbons (Fsp3) is 0.462. The molecular formula is C13H18N4O2S. The third-order valence-corrected chi connectivity index (χ3v) is 3.52. The van der Waals surface area contributed by atoms with Gasteiger partial charge in [-0.05, 0) is 31.5 Å². The minimum Gasteiger partial charge on any atom is -0.494 e. The maximum absolute atomic E-state index is 11.9. The van der Waals surface area contributed by atoms with Crippen LogP contribution in [0.4, 0.5) is 0 Å². The molecule has 0 aliphatic carbocycles. The highest BCUT2D eigenvalue weighted by Gasteiger charge is 2.11. The van der Waals surface area contributed by atoms with Crippen molar-refractivity contribution < 1.29 is 5.11 Å². The lowest BCUT2D eigenvalue weighted by atomic mass is 10.2. The summed E-state index contributed by atoms with van der Waals surface area (Å²) in [5, 5.41) is 16.3. The van der Waals surface area contributed by atoms with Crippen molar-refractivity contribution in [3.8, 4) is 5.88 Å². The molecule has 1 fully saturated rings. The molecule has 108 valence electrons. The number of hydrogen-bond acceptors (Lipinski definition) is 5. The molecule has 0 bridgehead atoms. The Morgan fingerprint density at radius 3 is 2.75 bits per heavy atom. The van der Waals surface area contributed by atoms with Crippen LogP contribution in [-0.4, -0.2) is 39.0 Å². The number of aromatic nitrogens is 2. The van der Waals surface area contributed by atoms with Gasteiger partial charge in [-0.2, -0.15) is 5.10 Å². The second-order valence-electron chi connectivity index (χ2n) is 4.65. The predicted octanol–water partition coefficient (Wildman–Crippen LogP) is 1.62. The second kappa shape index (κ2) is 6.51. The molecular weight excluding hydrogens is 276 g/mol. The molecule has 0 aromatic carbocycles. The molecule has 20 heavy (non-hydrogen) atoms. The summed E-state index contributed by atoms with van der Waals surface area (Å²) in [6.07, 6.45) is 6.40. The molecule has 1 saturated heterocycles. The lowest BCUT2D eigenvalue weighted by molar-refractivity contribution is 0.240. The van der Waals surface area contributed by atoms with E-state index in [1.54, 1.807) is 6.08 Å². The summed E-state index contributed by atoms with van der Waals surface area (Å²) in [7, 11) is 0. The Hall–Kier alpha value is -1.89. The van der Waals surface area contributed by atoms with Crippen LogP contribution in [0.1, 0.15) is 24.8 Å². The standard InChI is InChI=1S/C13H18N4O2S/c1-2-6-17-12(19)10(11(18)15-13(17)20)9-14-16-7-4-3-5-8-16/h2,9,19H,1,3-8H2,(H,15,18,20)/b14-9+. The van der Waals surface area contributed by atoms with Crippen molar-refractivity contribution in [1.29, 1.82) is 0 Å². The van der Waals surface area contributed by atoms with Gasteiger partial charge >= 0.3 is 0 Å². The van der Waals surface area contributed by atoms with Crippen molar-refractivity contribution in [2.24, 2.45) is 5.10 Å². The highest BCUT2D eigenvalue weighted by molar-refractivity contribution is 7.71. The summed E-state index contributed by atoms with van der Waals surface area (Å²) < 4.78 is 1.57. The first kappa shape index (κ1) is 14.5. The lowest BCUT2D eigenvalue weighted by Crippen LogP contribution is -2.25. The van der Waals surface area contributed by atoms with E-state index >= 15 is 0 Å². The molecule has 0 spiro atoms. The van der Waals surface area contributed by atoms with Crippen LogP contribution >= 0.6 is 12.2 Å². The number of rotatable bonds is 4. The van der Waals surface area contributed by atoms with Crippen molar-refractivity contribution in [2.75, 3.05) is 13.1 Å². The minimum atomic E-state index is -0.437. The van der Waals surface area contributed by atoms with Gasteiger partial charge in [0.25, 0.3) is 5.56 Å². The quantitative estimate of drug-likeness (QED) is 0.503. The number of hydrogen-bond donors (Lipinski definition) is 2. The van der Waals surface area contributed by atoms with Crippen LogP contribution in [0.2, 0.25) is 0 Å². The third kappa shape index (κ3) is 3.16. The predicted molar refractivity (Wildman–Crippen MR) is 80.8 cm³/mol. The van der Waals surface area contributed by atoms with E-state index in [0.29, 0.717) is 6.54 Å². The van der Waals surface area contributed by atoms with Crippen molar-refractivity contribution in [2.45, 2.75) is 25.8 Å². The number of nitrogens with zero attached hydrogens (tertiary/aromatic N) is 3. The monoisotopic (exact) mass is 294 g/mol. The van der Waals surface area contributed by atoms with Gasteiger partial charge in [-0.25, -0.2) is 0 Å². The van der Waals surface area contributed by atoms with E-state index in [4.69, 9.17) is 12.2 Å². The summed E-state index contributed by atoms with van der Waals surface area (Å²) >= 11 is 5.01. The molecule has 2 heterocycles. The molecule has 1 aliphatic rings. The Bertz CT molecular complexity index is 626. The molecule has 0 unspecified atom stereocenters. The second-order valence-corrected chi connectivity index (χ2v) is 5.04. The maximum Gasteiger partial charge on any atom is 0.264 e. The first-order valence-corrected chi connectivity index (χ1v) is 7.00. The average molecular weight is 294 g/mol. The molecule has 0 saturated carbocycles. The Labute approximate surface area is 122 Å². The van der Waals surface area contributed by atoms with E-state index in [9.17, 15) is 9.90 Å². The third-order valence-electron chi connectivity index (χ3n) is 3.20. The van der Waals surface area contributed by atoms with Crippen LogP contribution in [0.5, 0.6) is 5.88 Å². The van der Waals surface area contributed by atoms with Gasteiger partial charge in [0.05, 0.1) is 6.21 Å². The van der Waals surface area contributed by atoms with E-state index in [2.05, 4.69) is 16.7 Å². The summed E-state index contributed by atoms with van der Waals surface area (Å²) in [6, 6.07) is 0. The number of aromatic amines is 1. The molecule has 0 atom stereocenters. The van der Waals surface area contributed by atoms with Gasteiger partial charge in [-0.1, -0.05) is 6.08 Å². The zero-order valence-corrected chi connectivity index (χ0v) is 12.0. The summed E-state index contributed by atoms with van der Waals surface area (Å²) in [4.78, 5) is 14.4. The van der Waals surface area contributed by atoms with Crippen molar-refractivity contribution in [3.63, 3.8) is 0 Å². The van der Waals surface area contributed by atoms with Crippen LogP contribution in [0.15, 0.2) is 22.6 Å². The van der Waals surface area contributed by atoms with E-state index in [1.165, 1.54) is 17.2 Å². The maximum atomic E-state index is 11.9. The number of nitrogens with one attached hydrogen (secondary N) is 1. The van der Waals surface area contributed by atoms with Crippen LogP contribution in [0.25, 0.3) is 0 Å². The topological polar surface area (TPSA) is 73.6 Å². The van der Waals surface area contributed by atoms with E-state index in [1.807, 2.05) is 5.01 Å². The van der Waals surface area contributed by atoms with Crippen LogP contribution in [0, 0.1) is 4.77 Å². The fourth-order valence-corrected chi connectivity index (χ4v) is 2.38. The lowest BCUT2D eigenvalue weighted by Gasteiger charge is -2.23. The SMILES string of the molecule is C=CCn1c(O)c(/C=N/N2CCCCC2)c(=O)[nH]c1=S. The summed E-state index contributed by atoms with van der Waals surface area (Å²) in [5.74, 6) is -0.181. The Balaban J connectivity index is 2.33. The molecule has 0 amide bonds. The minimum absolute atomic E-state index is 0.117. The van der Waals surface area contributed by atoms with Crippen LogP contribution in [-0.2, 0) is 6.54 Å². The highest BCUT2D eigenvalue weighted by atomic mass is 32.1. The molecule has 7 heteroatoms. The molecule has 1 aromatic rings. The molecule has 1 aromatic heterocycles. The number of allylic oxidation sites excluding steroid dienone is 1. The number of H-pyrrole nitrogens is 1. The Kier molecular flexibility index (Phi) is 4.73. The van der Waals surface area contributed by atoms with Gasteiger partial charge < -0.3 is 5.11 Å². The van der Waals surface area contributed by atoms with Gasteiger partial charge in [0.1, 0.15) is 5.56 Å². The van der Waals surface area contributed by atoms with Gasteiger partial charge in [0.2, 0.25) is 5.88 Å². The summed E-state index contributed by atoms with van der Waals surface area (Å²) in [6.45, 7) is 5.67.